The maximum absolute atomic E-state index is 10.4. The zero-order chi connectivity index (χ0) is 10.7. The molecule has 0 saturated heterocycles. The first-order chi connectivity index (χ1) is 6.50. The monoisotopic (exact) mass is 192 g/mol. The molecule has 0 saturated carbocycles. The van der Waals surface area contributed by atoms with Crippen molar-refractivity contribution in [3.8, 4) is 5.75 Å². The highest BCUT2D eigenvalue weighted by molar-refractivity contribution is 5.89. The van der Waals surface area contributed by atoms with E-state index in [1.165, 1.54) is 0 Å². The van der Waals surface area contributed by atoms with Crippen molar-refractivity contribution in [3.63, 3.8) is 0 Å². The number of aromatic hydroxyl groups is 1. The normalized spacial score (nSPS) is 11.4. The Morgan fingerprint density at radius 3 is 2.57 bits per heavy atom. The van der Waals surface area contributed by atoms with Crippen LogP contribution in [0.15, 0.2) is 24.3 Å². The fourth-order valence-corrected chi connectivity index (χ4v) is 1.17. The molecule has 0 aliphatic rings. The van der Waals surface area contributed by atoms with E-state index < -0.39 is 5.97 Å². The number of phenolic OH excluding ortho intramolecular Hbond substituents is 1. The lowest BCUT2D eigenvalue weighted by Crippen LogP contribution is -1.90. The minimum atomic E-state index is -0.965. The number of phenols is 1. The third kappa shape index (κ3) is 2.36. The molecule has 0 amide bonds. The zero-order valence-electron chi connectivity index (χ0n) is 8.11. The fraction of sp³-hybridized carbons (Fsp3) is 0.182. The Morgan fingerprint density at radius 2 is 2.07 bits per heavy atom. The number of hydrogen-bond acceptors (Lipinski definition) is 2. The smallest absolute Gasteiger partial charge is 0.328 e. The van der Waals surface area contributed by atoms with Gasteiger partial charge in [0, 0.05) is 6.08 Å². The number of carboxylic acids is 1. The molecule has 0 bridgehead atoms. The van der Waals surface area contributed by atoms with E-state index in [1.54, 1.807) is 32.0 Å². The molecule has 0 aliphatic heterocycles. The maximum atomic E-state index is 10.4. The number of benzene rings is 1. The molecule has 1 rings (SSSR count). The summed E-state index contributed by atoms with van der Waals surface area (Å²) in [5.74, 6) is -0.745. The van der Waals surface area contributed by atoms with Crippen LogP contribution in [0.4, 0.5) is 0 Å². The minimum absolute atomic E-state index is 0.219. The summed E-state index contributed by atoms with van der Waals surface area (Å²) in [6.07, 6.45) is 1.14. The fourth-order valence-electron chi connectivity index (χ4n) is 1.17. The third-order valence-electron chi connectivity index (χ3n) is 1.99. The SMILES string of the molecule is C/C(=C\C(=O)O)c1ccc(O)c(C)c1. The van der Waals surface area contributed by atoms with Crippen molar-refractivity contribution in [2.45, 2.75) is 13.8 Å². The average molecular weight is 192 g/mol. The van der Waals surface area contributed by atoms with Gasteiger partial charge in [-0.2, -0.15) is 0 Å². The summed E-state index contributed by atoms with van der Waals surface area (Å²) < 4.78 is 0. The van der Waals surface area contributed by atoms with Crippen LogP contribution >= 0.6 is 0 Å². The van der Waals surface area contributed by atoms with Crippen LogP contribution in [0.2, 0.25) is 0 Å². The molecule has 1 aromatic rings. The van der Waals surface area contributed by atoms with Gasteiger partial charge in [0.05, 0.1) is 0 Å². The predicted octanol–water partition coefficient (Wildman–Crippen LogP) is 2.19. The lowest BCUT2D eigenvalue weighted by atomic mass is 10.0. The van der Waals surface area contributed by atoms with Gasteiger partial charge in [-0.05, 0) is 42.7 Å². The topological polar surface area (TPSA) is 57.5 Å². The van der Waals surface area contributed by atoms with Crippen LogP contribution in [0.5, 0.6) is 5.75 Å². The highest BCUT2D eigenvalue weighted by Gasteiger charge is 2.01. The largest absolute Gasteiger partial charge is 0.508 e. The van der Waals surface area contributed by atoms with E-state index >= 15 is 0 Å². The van der Waals surface area contributed by atoms with Crippen LogP contribution in [-0.2, 0) is 4.79 Å². The molecule has 0 fully saturated rings. The Morgan fingerprint density at radius 1 is 1.43 bits per heavy atom. The number of hydrogen-bond donors (Lipinski definition) is 2. The molecule has 0 aromatic heterocycles. The molecule has 0 heterocycles. The highest BCUT2D eigenvalue weighted by atomic mass is 16.4. The standard InChI is InChI=1S/C11H12O3/c1-7(6-11(13)14)9-3-4-10(12)8(2)5-9/h3-6,12H,1-2H3,(H,13,14)/b7-6+. The molecule has 0 spiro atoms. The maximum Gasteiger partial charge on any atom is 0.328 e. The van der Waals surface area contributed by atoms with Gasteiger partial charge >= 0.3 is 5.97 Å². The van der Waals surface area contributed by atoms with Crippen LogP contribution in [-0.4, -0.2) is 16.2 Å². The van der Waals surface area contributed by atoms with Crippen LogP contribution in [0.3, 0.4) is 0 Å². The first-order valence-electron chi connectivity index (χ1n) is 4.22. The lowest BCUT2D eigenvalue weighted by Gasteiger charge is -2.03. The van der Waals surface area contributed by atoms with E-state index in [2.05, 4.69) is 0 Å². The quantitative estimate of drug-likeness (QED) is 0.706. The van der Waals surface area contributed by atoms with Gasteiger partial charge in [0.1, 0.15) is 5.75 Å². The van der Waals surface area contributed by atoms with Gasteiger partial charge in [0.2, 0.25) is 0 Å². The second-order valence-corrected chi connectivity index (χ2v) is 3.17. The van der Waals surface area contributed by atoms with Gasteiger partial charge < -0.3 is 10.2 Å². The van der Waals surface area contributed by atoms with E-state index in [0.29, 0.717) is 5.57 Å². The summed E-state index contributed by atoms with van der Waals surface area (Å²) >= 11 is 0. The molecule has 14 heavy (non-hydrogen) atoms. The summed E-state index contributed by atoms with van der Waals surface area (Å²) in [6, 6.07) is 5.01. The van der Waals surface area contributed by atoms with Crippen LogP contribution in [0, 0.1) is 6.92 Å². The van der Waals surface area contributed by atoms with Crippen LogP contribution in [0.1, 0.15) is 18.1 Å². The number of rotatable bonds is 2. The average Bonchev–Trinajstić information content (AvgIpc) is 2.08. The molecule has 2 N–H and O–H groups in total. The van der Waals surface area contributed by atoms with E-state index in [-0.39, 0.29) is 5.75 Å². The molecule has 74 valence electrons. The summed E-state index contributed by atoms with van der Waals surface area (Å²) in [4.78, 5) is 10.4. The Balaban J connectivity index is 3.09. The van der Waals surface area contributed by atoms with Gasteiger partial charge in [-0.15, -0.1) is 0 Å². The molecule has 3 nitrogen and oxygen atoms in total. The van der Waals surface area contributed by atoms with Crippen molar-refractivity contribution in [1.82, 2.24) is 0 Å². The summed E-state index contributed by atoms with van der Waals surface area (Å²) in [5.41, 5.74) is 2.21. The molecular formula is C11H12O3. The lowest BCUT2D eigenvalue weighted by molar-refractivity contribution is -0.131. The summed E-state index contributed by atoms with van der Waals surface area (Å²) in [6.45, 7) is 3.49. The van der Waals surface area contributed by atoms with Crippen molar-refractivity contribution in [2.75, 3.05) is 0 Å². The van der Waals surface area contributed by atoms with E-state index in [4.69, 9.17) is 5.11 Å². The molecule has 3 heteroatoms. The van der Waals surface area contributed by atoms with Crippen LogP contribution < -0.4 is 0 Å². The Kier molecular flexibility index (Phi) is 2.92. The first kappa shape index (κ1) is 10.3. The van der Waals surface area contributed by atoms with Crippen LogP contribution in [0.25, 0.3) is 5.57 Å². The number of aryl methyl sites for hydroxylation is 1. The molecule has 0 atom stereocenters. The second kappa shape index (κ2) is 3.96. The third-order valence-corrected chi connectivity index (χ3v) is 1.99. The van der Waals surface area contributed by atoms with E-state index in [0.717, 1.165) is 17.2 Å². The number of allylic oxidation sites excluding steroid dienone is 1. The number of carbonyl (C=O) groups is 1. The van der Waals surface area contributed by atoms with Crippen molar-refractivity contribution >= 4 is 11.5 Å². The molecule has 1 aromatic carbocycles. The van der Waals surface area contributed by atoms with Gasteiger partial charge in [-0.1, -0.05) is 6.07 Å². The minimum Gasteiger partial charge on any atom is -0.508 e. The Bertz CT molecular complexity index is 392. The number of carboxylic acid groups (broad SMARTS) is 1. The van der Waals surface area contributed by atoms with Gasteiger partial charge in [-0.3, -0.25) is 0 Å². The van der Waals surface area contributed by atoms with E-state index in [1.807, 2.05) is 0 Å². The molecule has 0 radical (unpaired) electrons. The summed E-state index contributed by atoms with van der Waals surface area (Å²) in [7, 11) is 0. The molecule has 0 unspecified atom stereocenters. The van der Waals surface area contributed by atoms with Crippen molar-refractivity contribution in [2.24, 2.45) is 0 Å². The van der Waals surface area contributed by atoms with E-state index in [9.17, 15) is 9.90 Å². The summed E-state index contributed by atoms with van der Waals surface area (Å²) in [5, 5.41) is 17.8. The Labute approximate surface area is 82.3 Å². The van der Waals surface area contributed by atoms with Gasteiger partial charge in [0.25, 0.3) is 0 Å². The number of aliphatic carboxylic acids is 1. The predicted molar refractivity (Wildman–Crippen MR) is 54.1 cm³/mol. The second-order valence-electron chi connectivity index (χ2n) is 3.17. The molecule has 0 aliphatic carbocycles. The first-order valence-corrected chi connectivity index (χ1v) is 4.22. The Hall–Kier alpha value is -1.77. The van der Waals surface area contributed by atoms with Crippen molar-refractivity contribution in [3.05, 3.63) is 35.4 Å². The zero-order valence-corrected chi connectivity index (χ0v) is 8.11. The van der Waals surface area contributed by atoms with Crippen molar-refractivity contribution in [1.29, 1.82) is 0 Å². The van der Waals surface area contributed by atoms with Gasteiger partial charge in [0.15, 0.2) is 0 Å². The van der Waals surface area contributed by atoms with Gasteiger partial charge in [-0.25, -0.2) is 4.79 Å². The van der Waals surface area contributed by atoms with Crippen molar-refractivity contribution < 1.29 is 15.0 Å². The highest BCUT2D eigenvalue weighted by Crippen LogP contribution is 2.21. The molecular weight excluding hydrogens is 180 g/mol.